The van der Waals surface area contributed by atoms with Crippen LogP contribution in [0.15, 0.2) is 18.2 Å². The van der Waals surface area contributed by atoms with Crippen LogP contribution >= 0.6 is 0 Å². The molecule has 31 heavy (non-hydrogen) atoms. The lowest BCUT2D eigenvalue weighted by Crippen LogP contribution is -2.23. The number of rotatable bonds is 9. The van der Waals surface area contributed by atoms with Crippen LogP contribution in [0.25, 0.3) is 10.8 Å². The Hall–Kier alpha value is -2.80. The summed E-state index contributed by atoms with van der Waals surface area (Å²) in [5.41, 5.74) is 0.641. The van der Waals surface area contributed by atoms with E-state index in [0.717, 1.165) is 25.7 Å². The number of methoxy groups -OCH3 is 1. The van der Waals surface area contributed by atoms with Crippen molar-refractivity contribution in [2.75, 3.05) is 7.11 Å². The summed E-state index contributed by atoms with van der Waals surface area (Å²) >= 11 is 0. The summed E-state index contributed by atoms with van der Waals surface area (Å²) in [7, 11) is 1.57. The van der Waals surface area contributed by atoms with Gasteiger partial charge in [0, 0.05) is 35.6 Å². The second-order valence-corrected chi connectivity index (χ2v) is 7.73. The van der Waals surface area contributed by atoms with Gasteiger partial charge in [-0.25, -0.2) is 0 Å². The van der Waals surface area contributed by atoms with Gasteiger partial charge in [0.2, 0.25) is 5.75 Å². The van der Waals surface area contributed by atoms with E-state index in [9.17, 15) is 9.59 Å². The number of carbonyl (C=O) groups excluding carboxylic acids is 2. The van der Waals surface area contributed by atoms with Gasteiger partial charge in [-0.1, -0.05) is 26.7 Å². The first-order valence-corrected chi connectivity index (χ1v) is 10.9. The maximum absolute atomic E-state index is 12.5. The molecule has 2 aromatic rings. The maximum Gasteiger partial charge on any atom is 0.311 e. The number of hydrogen-bond donors (Lipinski definition) is 0. The second-order valence-electron chi connectivity index (χ2n) is 7.73. The molecule has 0 aromatic heterocycles. The summed E-state index contributed by atoms with van der Waals surface area (Å²) in [6, 6.07) is 5.30. The molecule has 0 saturated heterocycles. The third kappa shape index (κ3) is 5.28. The maximum atomic E-state index is 12.5. The Morgan fingerprint density at radius 3 is 2.26 bits per heavy atom. The molecule has 1 heterocycles. The van der Waals surface area contributed by atoms with Crippen molar-refractivity contribution in [3.05, 3.63) is 23.8 Å². The zero-order valence-corrected chi connectivity index (χ0v) is 18.6. The Bertz CT molecular complexity index is 951. The third-order valence-electron chi connectivity index (χ3n) is 5.16. The van der Waals surface area contributed by atoms with E-state index in [1.54, 1.807) is 25.3 Å². The van der Waals surface area contributed by atoms with Crippen molar-refractivity contribution in [2.24, 2.45) is 0 Å². The van der Waals surface area contributed by atoms with Crippen LogP contribution in [0.2, 0.25) is 0 Å². The molecule has 168 valence electrons. The van der Waals surface area contributed by atoms with Crippen molar-refractivity contribution in [3.63, 3.8) is 0 Å². The van der Waals surface area contributed by atoms with Gasteiger partial charge in [-0.15, -0.1) is 0 Å². The van der Waals surface area contributed by atoms with Crippen LogP contribution in [-0.2, 0) is 20.9 Å². The van der Waals surface area contributed by atoms with E-state index in [4.69, 9.17) is 24.0 Å². The Morgan fingerprint density at radius 2 is 1.65 bits per heavy atom. The highest BCUT2D eigenvalue weighted by molar-refractivity contribution is 6.00. The fourth-order valence-electron chi connectivity index (χ4n) is 3.48. The van der Waals surface area contributed by atoms with Crippen molar-refractivity contribution >= 4 is 22.7 Å². The average Bonchev–Trinajstić information content (AvgIpc) is 2.77. The van der Waals surface area contributed by atoms with Gasteiger partial charge in [-0.05, 0) is 38.0 Å². The molecule has 2 aromatic carbocycles. The quantitative estimate of drug-likeness (QED) is 0.304. The number of fused-ring (bicyclic) bond motifs is 2. The van der Waals surface area contributed by atoms with Crippen LogP contribution in [0.1, 0.15) is 64.9 Å². The van der Waals surface area contributed by atoms with Gasteiger partial charge in [-0.2, -0.15) is 4.89 Å². The van der Waals surface area contributed by atoms with Gasteiger partial charge in [0.1, 0.15) is 17.6 Å². The molecule has 7 heteroatoms. The van der Waals surface area contributed by atoms with Crippen LogP contribution in [0.5, 0.6) is 23.0 Å². The minimum Gasteiger partial charge on any atom is -0.497 e. The lowest BCUT2D eigenvalue weighted by Gasteiger charge is -2.26. The Balaban J connectivity index is 2.16. The molecule has 0 N–H and O–H groups in total. The molecule has 3 rings (SSSR count). The monoisotopic (exact) mass is 430 g/mol. The summed E-state index contributed by atoms with van der Waals surface area (Å²) in [6.07, 6.45) is 4.05. The zero-order valence-electron chi connectivity index (χ0n) is 18.6. The van der Waals surface area contributed by atoms with E-state index in [0.29, 0.717) is 47.1 Å². The highest BCUT2D eigenvalue weighted by Gasteiger charge is 2.31. The van der Waals surface area contributed by atoms with E-state index in [2.05, 4.69) is 0 Å². The fourth-order valence-corrected chi connectivity index (χ4v) is 3.48. The van der Waals surface area contributed by atoms with Crippen LogP contribution in [0.3, 0.4) is 0 Å². The van der Waals surface area contributed by atoms with Gasteiger partial charge in [0.25, 0.3) is 0 Å². The fraction of sp³-hybridized carbons (Fsp3) is 0.500. The zero-order chi connectivity index (χ0) is 22.4. The van der Waals surface area contributed by atoms with E-state index < -0.39 is 0 Å². The van der Waals surface area contributed by atoms with Crippen LogP contribution in [0, 0.1) is 0 Å². The summed E-state index contributed by atoms with van der Waals surface area (Å²) in [5.74, 6) is 0.875. The van der Waals surface area contributed by atoms with Gasteiger partial charge in [-0.3, -0.25) is 9.59 Å². The van der Waals surface area contributed by atoms with Crippen molar-refractivity contribution in [1.29, 1.82) is 0 Å². The molecule has 0 spiro atoms. The first-order valence-electron chi connectivity index (χ1n) is 10.9. The SMILES string of the molecule is CCCCC(=O)Oc1c2c(c(OC(=O)CCCC)c3ccc(OC)cc13)OOC(C)C2. The molecule has 0 amide bonds. The number of benzene rings is 2. The molecule has 1 aliphatic heterocycles. The number of unbranched alkanes of at least 4 members (excludes halogenated alkanes) is 2. The first kappa shape index (κ1) is 22.9. The Labute approximate surface area is 182 Å². The standard InChI is InChI=1S/C24H30O7/c1-5-7-9-20(25)28-22-18-14-16(27-4)11-12-17(18)23(29-21(26)10-8-6-2)24-19(22)13-15(3)30-31-24/h11-12,14-15H,5-10,13H2,1-4H3. The van der Waals surface area contributed by atoms with Crippen molar-refractivity contribution in [1.82, 2.24) is 0 Å². The molecule has 7 nitrogen and oxygen atoms in total. The number of carbonyl (C=O) groups is 2. The minimum absolute atomic E-state index is 0.257. The van der Waals surface area contributed by atoms with Crippen LogP contribution in [-0.4, -0.2) is 25.2 Å². The molecule has 1 unspecified atom stereocenters. The predicted octanol–water partition coefficient (Wildman–Crippen LogP) is 5.29. The van der Waals surface area contributed by atoms with Crippen molar-refractivity contribution in [3.8, 4) is 23.0 Å². The summed E-state index contributed by atoms with van der Waals surface area (Å²) in [6.45, 7) is 5.88. The number of esters is 2. The summed E-state index contributed by atoms with van der Waals surface area (Å²) in [5, 5.41) is 1.21. The second kappa shape index (κ2) is 10.5. The van der Waals surface area contributed by atoms with Gasteiger partial charge in [0.05, 0.1) is 7.11 Å². The Kier molecular flexibility index (Phi) is 7.74. The molecular formula is C24H30O7. The molecule has 0 saturated carbocycles. The molecule has 1 aliphatic rings. The molecule has 0 bridgehead atoms. The highest BCUT2D eigenvalue weighted by Crippen LogP contribution is 2.49. The number of hydrogen-bond acceptors (Lipinski definition) is 7. The lowest BCUT2D eigenvalue weighted by molar-refractivity contribution is -0.250. The predicted molar refractivity (Wildman–Crippen MR) is 116 cm³/mol. The van der Waals surface area contributed by atoms with E-state index in [1.807, 2.05) is 20.8 Å². The average molecular weight is 430 g/mol. The molecule has 0 aliphatic carbocycles. The first-order chi connectivity index (χ1) is 15.0. The van der Waals surface area contributed by atoms with E-state index in [-0.39, 0.29) is 29.5 Å². The van der Waals surface area contributed by atoms with Crippen LogP contribution in [0.4, 0.5) is 0 Å². The Morgan fingerprint density at radius 1 is 1.00 bits per heavy atom. The summed E-state index contributed by atoms with van der Waals surface area (Å²) < 4.78 is 16.9. The van der Waals surface area contributed by atoms with E-state index in [1.165, 1.54) is 0 Å². The molecule has 0 radical (unpaired) electrons. The van der Waals surface area contributed by atoms with Gasteiger partial charge < -0.3 is 19.1 Å². The number of ether oxygens (including phenoxy) is 3. The summed E-state index contributed by atoms with van der Waals surface area (Å²) in [4.78, 5) is 35.9. The van der Waals surface area contributed by atoms with Gasteiger partial charge >= 0.3 is 11.9 Å². The van der Waals surface area contributed by atoms with Crippen LogP contribution < -0.4 is 19.1 Å². The topological polar surface area (TPSA) is 80.3 Å². The smallest absolute Gasteiger partial charge is 0.311 e. The highest BCUT2D eigenvalue weighted by atomic mass is 17.2. The lowest BCUT2D eigenvalue weighted by atomic mass is 9.98. The van der Waals surface area contributed by atoms with Gasteiger partial charge in [0.15, 0.2) is 5.75 Å². The minimum atomic E-state index is -0.351. The largest absolute Gasteiger partial charge is 0.497 e. The third-order valence-corrected chi connectivity index (χ3v) is 5.16. The molecule has 0 fully saturated rings. The van der Waals surface area contributed by atoms with Crippen molar-refractivity contribution < 1.29 is 33.6 Å². The normalized spacial score (nSPS) is 15.2. The van der Waals surface area contributed by atoms with E-state index >= 15 is 0 Å². The molecule has 1 atom stereocenters. The molecular weight excluding hydrogens is 400 g/mol. The van der Waals surface area contributed by atoms with Crippen molar-refractivity contribution in [2.45, 2.75) is 71.8 Å².